The van der Waals surface area contributed by atoms with Gasteiger partial charge in [0.2, 0.25) is 0 Å². The van der Waals surface area contributed by atoms with E-state index >= 15 is 0 Å². The van der Waals surface area contributed by atoms with Crippen LogP contribution in [0.1, 0.15) is 10.5 Å². The third kappa shape index (κ3) is 1.92. The molecule has 0 unspecified atom stereocenters. The average Bonchev–Trinajstić information content (AvgIpc) is 1.96. The molecule has 0 spiro atoms. The number of hydrogen-bond donors (Lipinski definition) is 0. The minimum Gasteiger partial charge on any atom is -0.296 e. The highest BCUT2D eigenvalue weighted by Crippen LogP contribution is 2.26. The first kappa shape index (κ1) is 8.97. The second kappa shape index (κ2) is 3.52. The summed E-state index contributed by atoms with van der Waals surface area (Å²) < 4.78 is 0.471. The third-order valence-corrected chi connectivity index (χ3v) is 2.57. The van der Waals surface area contributed by atoms with Crippen molar-refractivity contribution >= 4 is 45.4 Å². The molecule has 1 aromatic rings. The number of carbonyl (C=O) groups is 1. The highest BCUT2D eigenvalue weighted by atomic mass is 79.9. The molecule has 11 heavy (non-hydrogen) atoms. The van der Waals surface area contributed by atoms with Crippen LogP contribution in [-0.2, 0) is 0 Å². The maximum Gasteiger partial charge on any atom is 0.169 e. The van der Waals surface area contributed by atoms with Crippen molar-refractivity contribution in [1.82, 2.24) is 4.98 Å². The quantitative estimate of drug-likeness (QED) is 0.570. The van der Waals surface area contributed by atoms with Gasteiger partial charge in [-0.2, -0.15) is 0 Å². The summed E-state index contributed by atoms with van der Waals surface area (Å²) in [6, 6.07) is 1.46. The molecule has 58 valence electrons. The zero-order chi connectivity index (χ0) is 8.43. The highest BCUT2D eigenvalue weighted by Gasteiger charge is 2.06. The minimum atomic E-state index is 0.209. The molecule has 0 aliphatic rings. The topological polar surface area (TPSA) is 30.0 Å². The molecule has 0 N–H and O–H groups in total. The van der Waals surface area contributed by atoms with Crippen molar-refractivity contribution in [2.45, 2.75) is 0 Å². The largest absolute Gasteiger partial charge is 0.296 e. The molecule has 1 rings (SSSR count). The molecule has 0 aromatic carbocycles. The van der Waals surface area contributed by atoms with Crippen LogP contribution in [0.15, 0.2) is 10.5 Å². The van der Waals surface area contributed by atoms with E-state index in [1.54, 1.807) is 0 Å². The van der Waals surface area contributed by atoms with Gasteiger partial charge in [0.25, 0.3) is 0 Å². The summed E-state index contributed by atoms with van der Waals surface area (Å²) in [6.45, 7) is 0. The van der Waals surface area contributed by atoms with Gasteiger partial charge in [0.15, 0.2) is 6.29 Å². The standard InChI is InChI=1S/C6H2BrCl2NO/c7-6-3(8)1-5(9)10-4(6)2-11/h1-2H. The van der Waals surface area contributed by atoms with Crippen molar-refractivity contribution in [3.8, 4) is 0 Å². The van der Waals surface area contributed by atoms with E-state index in [2.05, 4.69) is 20.9 Å². The molecule has 0 aliphatic heterocycles. The lowest BCUT2D eigenvalue weighted by Crippen LogP contribution is -1.89. The van der Waals surface area contributed by atoms with Gasteiger partial charge in [0.1, 0.15) is 10.8 Å². The number of aromatic nitrogens is 1. The number of aldehydes is 1. The van der Waals surface area contributed by atoms with Gasteiger partial charge in [-0.3, -0.25) is 4.79 Å². The summed E-state index contributed by atoms with van der Waals surface area (Å²) in [5.41, 5.74) is 0.211. The molecule has 2 nitrogen and oxygen atoms in total. The Morgan fingerprint density at radius 2 is 2.18 bits per heavy atom. The first-order valence-corrected chi connectivity index (χ1v) is 4.16. The van der Waals surface area contributed by atoms with Crippen LogP contribution in [-0.4, -0.2) is 11.3 Å². The molecule has 0 saturated heterocycles. The third-order valence-electron chi connectivity index (χ3n) is 1.02. The van der Waals surface area contributed by atoms with Crippen molar-refractivity contribution in [1.29, 1.82) is 0 Å². The van der Waals surface area contributed by atoms with Crippen LogP contribution in [0.3, 0.4) is 0 Å². The van der Waals surface area contributed by atoms with E-state index in [4.69, 9.17) is 23.2 Å². The number of rotatable bonds is 1. The highest BCUT2D eigenvalue weighted by molar-refractivity contribution is 9.10. The molecule has 1 heterocycles. The van der Waals surface area contributed by atoms with Crippen LogP contribution in [0.2, 0.25) is 10.2 Å². The second-order valence-electron chi connectivity index (χ2n) is 1.74. The van der Waals surface area contributed by atoms with Crippen LogP contribution >= 0.6 is 39.1 Å². The molecule has 1 aromatic heterocycles. The molecule has 0 bridgehead atoms. The van der Waals surface area contributed by atoms with Crippen LogP contribution in [0.5, 0.6) is 0 Å². The lowest BCUT2D eigenvalue weighted by atomic mass is 10.4. The summed E-state index contributed by atoms with van der Waals surface area (Å²) in [5, 5.41) is 0.590. The monoisotopic (exact) mass is 253 g/mol. The average molecular weight is 255 g/mol. The zero-order valence-electron chi connectivity index (χ0n) is 5.14. The minimum absolute atomic E-state index is 0.209. The van der Waals surface area contributed by atoms with Gasteiger partial charge in [-0.25, -0.2) is 4.98 Å². The Kier molecular flexibility index (Phi) is 2.87. The number of hydrogen-bond acceptors (Lipinski definition) is 2. The van der Waals surface area contributed by atoms with Gasteiger partial charge in [-0.1, -0.05) is 23.2 Å². The van der Waals surface area contributed by atoms with E-state index in [-0.39, 0.29) is 10.8 Å². The fourth-order valence-electron chi connectivity index (χ4n) is 0.565. The van der Waals surface area contributed by atoms with E-state index < -0.39 is 0 Å². The molecule has 0 fully saturated rings. The van der Waals surface area contributed by atoms with Crippen LogP contribution in [0.4, 0.5) is 0 Å². The summed E-state index contributed by atoms with van der Waals surface area (Å²) >= 11 is 14.3. The predicted molar refractivity (Wildman–Crippen MR) is 47.3 cm³/mol. The van der Waals surface area contributed by atoms with Gasteiger partial charge >= 0.3 is 0 Å². The summed E-state index contributed by atoms with van der Waals surface area (Å²) in [6.07, 6.45) is 0.585. The molecule has 0 saturated carbocycles. The SMILES string of the molecule is O=Cc1nc(Cl)cc(Cl)c1Br. The Morgan fingerprint density at radius 1 is 1.55 bits per heavy atom. The van der Waals surface area contributed by atoms with Crippen LogP contribution in [0.25, 0.3) is 0 Å². The smallest absolute Gasteiger partial charge is 0.169 e. The number of halogens is 3. The van der Waals surface area contributed by atoms with E-state index in [0.717, 1.165) is 0 Å². The zero-order valence-corrected chi connectivity index (χ0v) is 8.24. The lowest BCUT2D eigenvalue weighted by Gasteiger charge is -1.98. The molecule has 0 atom stereocenters. The van der Waals surface area contributed by atoms with E-state index in [1.807, 2.05) is 0 Å². The van der Waals surface area contributed by atoms with E-state index in [0.29, 0.717) is 15.8 Å². The second-order valence-corrected chi connectivity index (χ2v) is 3.33. The number of nitrogens with zero attached hydrogens (tertiary/aromatic N) is 1. The molecule has 0 radical (unpaired) electrons. The lowest BCUT2D eigenvalue weighted by molar-refractivity contribution is 0.111. The number of carbonyl (C=O) groups excluding carboxylic acids is 1. The Balaban J connectivity index is 3.35. The Hall–Kier alpha value is -0.120. The molecule has 0 amide bonds. The Bertz CT molecular complexity index is 303. The predicted octanol–water partition coefficient (Wildman–Crippen LogP) is 2.96. The Morgan fingerprint density at radius 3 is 2.73 bits per heavy atom. The van der Waals surface area contributed by atoms with Crippen molar-refractivity contribution < 1.29 is 4.79 Å². The number of pyridine rings is 1. The fourth-order valence-corrected chi connectivity index (χ4v) is 1.32. The van der Waals surface area contributed by atoms with Gasteiger partial charge in [0, 0.05) is 0 Å². The van der Waals surface area contributed by atoms with Crippen molar-refractivity contribution in [3.05, 3.63) is 26.4 Å². The van der Waals surface area contributed by atoms with E-state index in [1.165, 1.54) is 6.07 Å². The van der Waals surface area contributed by atoms with Gasteiger partial charge in [-0.05, 0) is 22.0 Å². The molecular formula is C6H2BrCl2NO. The summed E-state index contributed by atoms with van der Waals surface area (Å²) in [5.74, 6) is 0. The molecule has 0 aliphatic carbocycles. The molecule has 5 heteroatoms. The maximum absolute atomic E-state index is 10.3. The van der Waals surface area contributed by atoms with Crippen LogP contribution in [0, 0.1) is 0 Å². The first-order chi connectivity index (χ1) is 5.15. The fraction of sp³-hybridized carbons (Fsp3) is 0. The maximum atomic E-state index is 10.3. The van der Waals surface area contributed by atoms with Crippen molar-refractivity contribution in [2.75, 3.05) is 0 Å². The van der Waals surface area contributed by atoms with Crippen molar-refractivity contribution in [3.63, 3.8) is 0 Å². The van der Waals surface area contributed by atoms with E-state index in [9.17, 15) is 4.79 Å². The van der Waals surface area contributed by atoms with Crippen LogP contribution < -0.4 is 0 Å². The van der Waals surface area contributed by atoms with Crippen molar-refractivity contribution in [2.24, 2.45) is 0 Å². The van der Waals surface area contributed by atoms with Gasteiger partial charge in [0.05, 0.1) is 9.50 Å². The Labute approximate surface area is 81.7 Å². The van der Waals surface area contributed by atoms with Gasteiger partial charge < -0.3 is 0 Å². The summed E-state index contributed by atoms with van der Waals surface area (Å²) in [7, 11) is 0. The normalized spacial score (nSPS) is 9.73. The van der Waals surface area contributed by atoms with Gasteiger partial charge in [-0.15, -0.1) is 0 Å². The first-order valence-electron chi connectivity index (χ1n) is 2.62. The summed E-state index contributed by atoms with van der Waals surface area (Å²) in [4.78, 5) is 14.0. The molecular weight excluding hydrogens is 253 g/mol.